The van der Waals surface area contributed by atoms with Gasteiger partial charge in [0, 0.05) is 27.7 Å². The highest BCUT2D eigenvalue weighted by Gasteiger charge is 2.17. The SMILES string of the molecule is Cc1occc1C(=O)c1c[nH]c2cc(Cl)ccc12. The molecule has 1 aromatic carbocycles. The van der Waals surface area contributed by atoms with Crippen LogP contribution in [0.2, 0.25) is 5.02 Å². The van der Waals surface area contributed by atoms with E-state index in [-0.39, 0.29) is 5.78 Å². The van der Waals surface area contributed by atoms with Gasteiger partial charge in [-0.15, -0.1) is 0 Å². The van der Waals surface area contributed by atoms with Gasteiger partial charge in [0.05, 0.1) is 11.8 Å². The normalized spacial score (nSPS) is 11.0. The van der Waals surface area contributed by atoms with Gasteiger partial charge < -0.3 is 9.40 Å². The van der Waals surface area contributed by atoms with Gasteiger partial charge in [0.15, 0.2) is 5.78 Å². The Balaban J connectivity index is 2.16. The predicted molar refractivity (Wildman–Crippen MR) is 70.2 cm³/mol. The number of aromatic nitrogens is 1. The first-order valence-corrected chi connectivity index (χ1v) is 5.90. The lowest BCUT2D eigenvalue weighted by Gasteiger charge is -1.98. The molecule has 0 fully saturated rings. The lowest BCUT2D eigenvalue weighted by Crippen LogP contribution is -2.00. The van der Waals surface area contributed by atoms with E-state index in [2.05, 4.69) is 4.98 Å². The summed E-state index contributed by atoms with van der Waals surface area (Å²) in [7, 11) is 0. The molecule has 0 atom stereocenters. The summed E-state index contributed by atoms with van der Waals surface area (Å²) in [5, 5.41) is 1.51. The van der Waals surface area contributed by atoms with E-state index < -0.39 is 0 Å². The number of fused-ring (bicyclic) bond motifs is 1. The minimum absolute atomic E-state index is 0.0465. The van der Waals surface area contributed by atoms with Crippen molar-refractivity contribution < 1.29 is 9.21 Å². The summed E-state index contributed by atoms with van der Waals surface area (Å²) in [6, 6.07) is 7.11. The minimum atomic E-state index is -0.0465. The standard InChI is InChI=1S/C14H10ClNO2/c1-8-10(4-5-18-8)14(17)12-7-16-13-6-9(15)2-3-11(12)13/h2-7,16H,1H3. The molecule has 0 aliphatic carbocycles. The van der Waals surface area contributed by atoms with Crippen LogP contribution in [0.4, 0.5) is 0 Å². The first-order valence-electron chi connectivity index (χ1n) is 5.52. The number of carbonyl (C=O) groups is 1. The zero-order valence-corrected chi connectivity index (χ0v) is 10.4. The van der Waals surface area contributed by atoms with E-state index in [1.54, 1.807) is 31.3 Å². The van der Waals surface area contributed by atoms with Crippen LogP contribution in [0, 0.1) is 6.92 Å². The zero-order valence-electron chi connectivity index (χ0n) is 9.66. The third-order valence-electron chi connectivity index (χ3n) is 2.99. The number of hydrogen-bond acceptors (Lipinski definition) is 2. The van der Waals surface area contributed by atoms with Crippen molar-refractivity contribution in [2.24, 2.45) is 0 Å². The quantitative estimate of drug-likeness (QED) is 0.708. The van der Waals surface area contributed by atoms with Crippen LogP contribution in [0.3, 0.4) is 0 Å². The van der Waals surface area contributed by atoms with Gasteiger partial charge in [-0.25, -0.2) is 0 Å². The first kappa shape index (κ1) is 11.1. The molecule has 0 aliphatic heterocycles. The third-order valence-corrected chi connectivity index (χ3v) is 3.23. The van der Waals surface area contributed by atoms with E-state index in [0.29, 0.717) is 21.9 Å². The molecular weight excluding hydrogens is 250 g/mol. The number of rotatable bonds is 2. The number of ketones is 1. The van der Waals surface area contributed by atoms with Crippen molar-refractivity contribution in [3.63, 3.8) is 0 Å². The highest BCUT2D eigenvalue weighted by Crippen LogP contribution is 2.25. The molecule has 3 rings (SSSR count). The van der Waals surface area contributed by atoms with E-state index >= 15 is 0 Å². The average molecular weight is 260 g/mol. The third kappa shape index (κ3) is 1.64. The molecule has 0 aliphatic rings. The number of hydrogen-bond donors (Lipinski definition) is 1. The second kappa shape index (κ2) is 4.03. The van der Waals surface area contributed by atoms with Crippen molar-refractivity contribution in [3.05, 3.63) is 58.6 Å². The number of benzene rings is 1. The molecule has 0 saturated carbocycles. The molecule has 0 saturated heterocycles. The summed E-state index contributed by atoms with van der Waals surface area (Å²) in [5.41, 5.74) is 2.07. The van der Waals surface area contributed by atoms with Gasteiger partial charge in [0.1, 0.15) is 5.76 Å². The molecule has 18 heavy (non-hydrogen) atoms. The maximum atomic E-state index is 12.4. The Kier molecular flexibility index (Phi) is 2.49. The average Bonchev–Trinajstić information content (AvgIpc) is 2.94. The largest absolute Gasteiger partial charge is 0.469 e. The molecule has 3 aromatic rings. The van der Waals surface area contributed by atoms with E-state index in [4.69, 9.17) is 16.0 Å². The van der Waals surface area contributed by atoms with Crippen LogP contribution < -0.4 is 0 Å². The van der Waals surface area contributed by atoms with E-state index in [1.165, 1.54) is 6.26 Å². The molecule has 2 aromatic heterocycles. The Morgan fingerprint density at radius 1 is 1.28 bits per heavy atom. The van der Waals surface area contributed by atoms with Crippen LogP contribution in [-0.4, -0.2) is 10.8 Å². The van der Waals surface area contributed by atoms with Gasteiger partial charge in [0.2, 0.25) is 0 Å². The van der Waals surface area contributed by atoms with E-state index in [0.717, 1.165) is 10.9 Å². The molecule has 0 bridgehead atoms. The fourth-order valence-electron chi connectivity index (χ4n) is 2.05. The fraction of sp³-hybridized carbons (Fsp3) is 0.0714. The number of carbonyl (C=O) groups excluding carboxylic acids is 1. The van der Waals surface area contributed by atoms with Crippen molar-refractivity contribution in [2.75, 3.05) is 0 Å². The molecule has 0 radical (unpaired) electrons. The van der Waals surface area contributed by atoms with Crippen LogP contribution in [0.5, 0.6) is 0 Å². The Labute approximate surface area is 108 Å². The number of nitrogens with one attached hydrogen (secondary N) is 1. The summed E-state index contributed by atoms with van der Waals surface area (Å²) < 4.78 is 5.16. The van der Waals surface area contributed by atoms with Gasteiger partial charge in [-0.1, -0.05) is 17.7 Å². The van der Waals surface area contributed by atoms with Crippen LogP contribution in [-0.2, 0) is 0 Å². The van der Waals surface area contributed by atoms with Gasteiger partial charge in [-0.2, -0.15) is 0 Å². The van der Waals surface area contributed by atoms with Crippen LogP contribution >= 0.6 is 11.6 Å². The predicted octanol–water partition coefficient (Wildman–Crippen LogP) is 3.95. The second-order valence-electron chi connectivity index (χ2n) is 4.11. The Morgan fingerprint density at radius 3 is 2.83 bits per heavy atom. The van der Waals surface area contributed by atoms with Gasteiger partial charge in [-0.05, 0) is 25.1 Å². The molecule has 0 spiro atoms. The summed E-state index contributed by atoms with van der Waals surface area (Å²) in [6.07, 6.45) is 3.23. The molecule has 3 nitrogen and oxygen atoms in total. The Morgan fingerprint density at radius 2 is 2.11 bits per heavy atom. The van der Waals surface area contributed by atoms with Crippen molar-refractivity contribution in [1.82, 2.24) is 4.98 Å². The monoisotopic (exact) mass is 259 g/mol. The number of halogens is 1. The molecule has 1 N–H and O–H groups in total. The van der Waals surface area contributed by atoms with Gasteiger partial charge in [-0.3, -0.25) is 4.79 Å². The molecule has 0 unspecified atom stereocenters. The lowest BCUT2D eigenvalue weighted by atomic mass is 10.0. The van der Waals surface area contributed by atoms with Crippen LogP contribution in [0.25, 0.3) is 10.9 Å². The Bertz CT molecular complexity index is 739. The zero-order chi connectivity index (χ0) is 12.7. The smallest absolute Gasteiger partial charge is 0.198 e. The first-order chi connectivity index (χ1) is 8.66. The van der Waals surface area contributed by atoms with Gasteiger partial charge in [0.25, 0.3) is 0 Å². The molecule has 2 heterocycles. The number of H-pyrrole nitrogens is 1. The summed E-state index contributed by atoms with van der Waals surface area (Å²) in [6.45, 7) is 1.78. The lowest BCUT2D eigenvalue weighted by molar-refractivity contribution is 0.103. The van der Waals surface area contributed by atoms with Crippen molar-refractivity contribution in [1.29, 1.82) is 0 Å². The van der Waals surface area contributed by atoms with Crippen molar-refractivity contribution in [2.45, 2.75) is 6.92 Å². The molecular formula is C14H10ClNO2. The van der Waals surface area contributed by atoms with Crippen LogP contribution in [0.1, 0.15) is 21.7 Å². The fourth-order valence-corrected chi connectivity index (χ4v) is 2.22. The number of furan rings is 1. The molecule has 0 amide bonds. The summed E-state index contributed by atoms with van der Waals surface area (Å²) >= 11 is 5.91. The second-order valence-corrected chi connectivity index (χ2v) is 4.55. The van der Waals surface area contributed by atoms with Gasteiger partial charge >= 0.3 is 0 Å². The van der Waals surface area contributed by atoms with Crippen LogP contribution in [0.15, 0.2) is 41.1 Å². The van der Waals surface area contributed by atoms with Crippen molar-refractivity contribution in [3.8, 4) is 0 Å². The Hall–Kier alpha value is -2.00. The number of aryl methyl sites for hydroxylation is 1. The maximum absolute atomic E-state index is 12.4. The van der Waals surface area contributed by atoms with E-state index in [1.807, 2.05) is 6.07 Å². The highest BCUT2D eigenvalue weighted by atomic mass is 35.5. The minimum Gasteiger partial charge on any atom is -0.469 e. The van der Waals surface area contributed by atoms with Crippen molar-refractivity contribution >= 4 is 28.3 Å². The summed E-state index contributed by atoms with van der Waals surface area (Å²) in [4.78, 5) is 15.4. The summed E-state index contributed by atoms with van der Waals surface area (Å²) in [5.74, 6) is 0.582. The molecule has 90 valence electrons. The molecule has 4 heteroatoms. The van der Waals surface area contributed by atoms with E-state index in [9.17, 15) is 4.79 Å². The highest BCUT2D eigenvalue weighted by molar-refractivity contribution is 6.31. The topological polar surface area (TPSA) is 46.0 Å². The maximum Gasteiger partial charge on any atom is 0.198 e. The number of aromatic amines is 1.